The summed E-state index contributed by atoms with van der Waals surface area (Å²) in [7, 11) is 0. The van der Waals surface area contributed by atoms with Crippen LogP contribution in [0.4, 0.5) is 0 Å². The van der Waals surface area contributed by atoms with Crippen molar-refractivity contribution in [2.24, 2.45) is 0 Å². The number of thiophene rings is 1. The molecule has 1 aromatic heterocycles. The van der Waals surface area contributed by atoms with Crippen molar-refractivity contribution < 1.29 is 4.74 Å². The van der Waals surface area contributed by atoms with Gasteiger partial charge in [0, 0.05) is 16.3 Å². The van der Waals surface area contributed by atoms with Gasteiger partial charge in [0.15, 0.2) is 0 Å². The number of rotatable bonds is 7. The van der Waals surface area contributed by atoms with Crippen molar-refractivity contribution in [3.05, 3.63) is 50.7 Å². The predicted molar refractivity (Wildman–Crippen MR) is 86.8 cm³/mol. The molecule has 1 heterocycles. The van der Waals surface area contributed by atoms with Crippen molar-refractivity contribution in [1.29, 1.82) is 0 Å². The first-order valence-corrected chi connectivity index (χ1v) is 8.05. The lowest BCUT2D eigenvalue weighted by Gasteiger charge is -2.07. The number of hydrogen-bond donors (Lipinski definition) is 1. The summed E-state index contributed by atoms with van der Waals surface area (Å²) in [6.07, 6.45) is 1.16. The van der Waals surface area contributed by atoms with E-state index in [1.165, 1.54) is 9.75 Å². The molecule has 0 unspecified atom stereocenters. The molecular weight excluding hydrogens is 290 g/mol. The fraction of sp³-hybridized carbons (Fsp3) is 0.375. The molecular formula is C16H20ClNOS. The van der Waals surface area contributed by atoms with Gasteiger partial charge in [-0.05, 0) is 49.7 Å². The van der Waals surface area contributed by atoms with Crippen molar-refractivity contribution in [2.45, 2.75) is 33.4 Å². The minimum atomic E-state index is 0.571. The zero-order valence-corrected chi connectivity index (χ0v) is 13.5. The van der Waals surface area contributed by atoms with Gasteiger partial charge in [-0.2, -0.15) is 0 Å². The van der Waals surface area contributed by atoms with E-state index in [0.29, 0.717) is 11.6 Å². The highest BCUT2D eigenvalue weighted by molar-refractivity contribution is 7.11. The topological polar surface area (TPSA) is 21.3 Å². The van der Waals surface area contributed by atoms with Crippen LogP contribution in [0.15, 0.2) is 30.3 Å². The second kappa shape index (κ2) is 7.67. The lowest BCUT2D eigenvalue weighted by Crippen LogP contribution is -2.12. The van der Waals surface area contributed by atoms with Crippen molar-refractivity contribution in [3.63, 3.8) is 0 Å². The van der Waals surface area contributed by atoms with Gasteiger partial charge in [0.2, 0.25) is 0 Å². The van der Waals surface area contributed by atoms with Crippen LogP contribution in [-0.2, 0) is 13.2 Å². The van der Waals surface area contributed by atoms with Crippen molar-refractivity contribution >= 4 is 22.9 Å². The van der Waals surface area contributed by atoms with Crippen LogP contribution < -0.4 is 10.1 Å². The third kappa shape index (κ3) is 4.51. The number of aryl methyl sites for hydroxylation is 1. The second-order valence-corrected chi connectivity index (χ2v) is 6.43. The van der Waals surface area contributed by atoms with E-state index in [4.69, 9.17) is 16.3 Å². The molecule has 0 spiro atoms. The average Bonchev–Trinajstić information content (AvgIpc) is 2.88. The summed E-state index contributed by atoms with van der Waals surface area (Å²) in [5.74, 6) is 0.755. The Labute approximate surface area is 129 Å². The standard InChI is InChI=1S/C16H20ClNOS/c1-3-8-18-10-13-5-6-14(20-13)11-19-16-9-12(2)4-7-15(16)17/h4-7,9,18H,3,8,10-11H2,1-2H3. The molecule has 4 heteroatoms. The predicted octanol–water partition coefficient (Wildman–Crippen LogP) is 4.79. The second-order valence-electron chi connectivity index (χ2n) is 4.77. The highest BCUT2D eigenvalue weighted by Gasteiger charge is 2.04. The van der Waals surface area contributed by atoms with E-state index < -0.39 is 0 Å². The van der Waals surface area contributed by atoms with Crippen LogP contribution in [0.25, 0.3) is 0 Å². The van der Waals surface area contributed by atoms with Crippen LogP contribution in [0.3, 0.4) is 0 Å². The summed E-state index contributed by atoms with van der Waals surface area (Å²) in [4.78, 5) is 2.56. The molecule has 0 atom stereocenters. The zero-order valence-electron chi connectivity index (χ0n) is 11.9. The maximum Gasteiger partial charge on any atom is 0.138 e. The van der Waals surface area contributed by atoms with Gasteiger partial charge in [0.05, 0.1) is 5.02 Å². The largest absolute Gasteiger partial charge is 0.486 e. The molecule has 0 bridgehead atoms. The summed E-state index contributed by atoms with van der Waals surface area (Å²) in [5.41, 5.74) is 1.15. The van der Waals surface area contributed by atoms with Gasteiger partial charge >= 0.3 is 0 Å². The fourth-order valence-electron chi connectivity index (χ4n) is 1.85. The number of halogens is 1. The molecule has 0 saturated heterocycles. The molecule has 2 aromatic rings. The minimum Gasteiger partial charge on any atom is -0.486 e. The van der Waals surface area contributed by atoms with E-state index >= 15 is 0 Å². The van der Waals surface area contributed by atoms with Gasteiger partial charge in [-0.3, -0.25) is 0 Å². The Kier molecular flexibility index (Phi) is 5.89. The first-order valence-electron chi connectivity index (χ1n) is 6.86. The molecule has 0 aliphatic carbocycles. The van der Waals surface area contributed by atoms with Gasteiger partial charge in [-0.25, -0.2) is 0 Å². The molecule has 0 aliphatic rings. The molecule has 1 N–H and O–H groups in total. The van der Waals surface area contributed by atoms with Gasteiger partial charge in [0.25, 0.3) is 0 Å². The normalized spacial score (nSPS) is 10.8. The average molecular weight is 310 g/mol. The van der Waals surface area contributed by atoms with Gasteiger partial charge in [0.1, 0.15) is 12.4 Å². The van der Waals surface area contributed by atoms with Crippen molar-refractivity contribution in [2.75, 3.05) is 6.54 Å². The van der Waals surface area contributed by atoms with E-state index in [2.05, 4.69) is 24.4 Å². The fourth-order valence-corrected chi connectivity index (χ4v) is 2.93. The molecule has 20 heavy (non-hydrogen) atoms. The molecule has 0 aliphatic heterocycles. The first kappa shape index (κ1) is 15.4. The Bertz CT molecular complexity index is 553. The monoisotopic (exact) mass is 309 g/mol. The maximum absolute atomic E-state index is 6.12. The van der Waals surface area contributed by atoms with Gasteiger partial charge in [-0.1, -0.05) is 24.6 Å². The Morgan fingerprint density at radius 2 is 2.00 bits per heavy atom. The minimum absolute atomic E-state index is 0.571. The summed E-state index contributed by atoms with van der Waals surface area (Å²) in [5, 5.41) is 4.07. The summed E-state index contributed by atoms with van der Waals surface area (Å²) >= 11 is 7.90. The van der Waals surface area contributed by atoms with E-state index in [1.807, 2.05) is 25.1 Å². The van der Waals surface area contributed by atoms with Crippen LogP contribution >= 0.6 is 22.9 Å². The smallest absolute Gasteiger partial charge is 0.138 e. The highest BCUT2D eigenvalue weighted by Crippen LogP contribution is 2.27. The summed E-state index contributed by atoms with van der Waals surface area (Å²) in [6.45, 7) is 6.77. The lowest BCUT2D eigenvalue weighted by atomic mass is 10.2. The van der Waals surface area contributed by atoms with E-state index in [-0.39, 0.29) is 0 Å². The molecule has 2 rings (SSSR count). The van der Waals surface area contributed by atoms with Crippen LogP contribution in [-0.4, -0.2) is 6.54 Å². The Morgan fingerprint density at radius 1 is 1.20 bits per heavy atom. The molecule has 0 fully saturated rings. The number of nitrogens with one attached hydrogen (secondary N) is 1. The molecule has 108 valence electrons. The van der Waals surface area contributed by atoms with Crippen molar-refractivity contribution in [3.8, 4) is 5.75 Å². The molecule has 0 amide bonds. The lowest BCUT2D eigenvalue weighted by molar-refractivity contribution is 0.310. The number of benzene rings is 1. The van der Waals surface area contributed by atoms with Gasteiger partial charge in [-0.15, -0.1) is 11.3 Å². The van der Waals surface area contributed by atoms with Crippen LogP contribution in [0.1, 0.15) is 28.7 Å². The quantitative estimate of drug-likeness (QED) is 0.743. The Hall–Kier alpha value is -1.03. The molecule has 0 saturated carbocycles. The molecule has 2 nitrogen and oxygen atoms in total. The Morgan fingerprint density at radius 3 is 2.80 bits per heavy atom. The van der Waals surface area contributed by atoms with Gasteiger partial charge < -0.3 is 10.1 Å². The first-order chi connectivity index (χ1) is 9.69. The third-order valence-electron chi connectivity index (χ3n) is 2.90. The number of ether oxygens (including phenoxy) is 1. The van der Waals surface area contributed by atoms with E-state index in [1.54, 1.807) is 11.3 Å². The molecule has 0 radical (unpaired) electrons. The van der Waals surface area contributed by atoms with E-state index in [0.717, 1.165) is 30.8 Å². The van der Waals surface area contributed by atoms with Crippen LogP contribution in [0.5, 0.6) is 5.75 Å². The number of hydrogen-bond acceptors (Lipinski definition) is 3. The Balaban J connectivity index is 1.89. The summed E-state index contributed by atoms with van der Waals surface area (Å²) < 4.78 is 5.80. The molecule has 1 aromatic carbocycles. The maximum atomic E-state index is 6.12. The highest BCUT2D eigenvalue weighted by atomic mass is 35.5. The summed E-state index contributed by atoms with van der Waals surface area (Å²) in [6, 6.07) is 10.1. The SMILES string of the molecule is CCCNCc1ccc(COc2cc(C)ccc2Cl)s1. The van der Waals surface area contributed by atoms with Crippen LogP contribution in [0.2, 0.25) is 5.02 Å². The van der Waals surface area contributed by atoms with Crippen molar-refractivity contribution in [1.82, 2.24) is 5.32 Å². The van der Waals surface area contributed by atoms with E-state index in [9.17, 15) is 0 Å². The zero-order chi connectivity index (χ0) is 14.4. The third-order valence-corrected chi connectivity index (χ3v) is 4.27. The van der Waals surface area contributed by atoms with Crippen LogP contribution in [0, 0.1) is 6.92 Å².